The van der Waals surface area contributed by atoms with Gasteiger partial charge in [0.2, 0.25) is 0 Å². The third kappa shape index (κ3) is 4.42. The first-order valence-electron chi connectivity index (χ1n) is 10.6. The van der Waals surface area contributed by atoms with E-state index < -0.39 is 8.07 Å². The molecule has 0 fully saturated rings. The van der Waals surface area contributed by atoms with Crippen LogP contribution in [0.4, 0.5) is 0 Å². The Bertz CT molecular complexity index is 1020. The molecule has 0 N–H and O–H groups in total. The first kappa shape index (κ1) is 20.9. The fraction of sp³-hybridized carbons (Fsp3) is 0.143. The summed E-state index contributed by atoms with van der Waals surface area (Å²) in [5, 5.41) is 2.83. The highest BCUT2D eigenvalue weighted by Gasteiger charge is 2.39. The van der Waals surface area contributed by atoms with Crippen molar-refractivity contribution in [2.75, 3.05) is 14.2 Å². The molecule has 0 aliphatic carbocycles. The van der Waals surface area contributed by atoms with E-state index in [1.54, 1.807) is 14.2 Å². The van der Waals surface area contributed by atoms with Gasteiger partial charge in [-0.2, -0.15) is 0 Å². The van der Waals surface area contributed by atoms with Gasteiger partial charge in [-0.15, -0.1) is 0 Å². The standard InChI is InChI=1S/C28H28O2Si/c1-29-27-19-11-9-13-23(27)21-31(25-15-5-3-6-16-25,26-17-7-4-8-18-26)22-24-14-10-12-20-28(24)30-2/h3-20H,21-22H2,1-2H3. The van der Waals surface area contributed by atoms with Gasteiger partial charge in [-0.05, 0) is 35.3 Å². The Labute approximate surface area is 186 Å². The van der Waals surface area contributed by atoms with Crippen molar-refractivity contribution in [2.45, 2.75) is 12.1 Å². The topological polar surface area (TPSA) is 18.5 Å². The Balaban J connectivity index is 1.95. The van der Waals surface area contributed by atoms with Crippen LogP contribution in [0.5, 0.6) is 11.5 Å². The van der Waals surface area contributed by atoms with Gasteiger partial charge in [0.15, 0.2) is 0 Å². The molecule has 0 aliphatic heterocycles. The summed E-state index contributed by atoms with van der Waals surface area (Å²) >= 11 is 0. The minimum absolute atomic E-state index is 0.948. The minimum Gasteiger partial charge on any atom is -0.496 e. The SMILES string of the molecule is COc1ccccc1C[Si](Cc1ccccc1OC)(c1ccccc1)c1ccccc1. The Morgan fingerprint density at radius 1 is 0.484 bits per heavy atom. The molecule has 0 unspecified atom stereocenters. The van der Waals surface area contributed by atoms with Crippen LogP contribution in [0.1, 0.15) is 11.1 Å². The van der Waals surface area contributed by atoms with Gasteiger partial charge in [0.05, 0.1) is 14.2 Å². The molecule has 0 aliphatic rings. The second-order valence-electron chi connectivity index (χ2n) is 7.79. The average molecular weight is 425 g/mol. The van der Waals surface area contributed by atoms with E-state index in [2.05, 4.69) is 97.1 Å². The van der Waals surface area contributed by atoms with Gasteiger partial charge in [0.1, 0.15) is 19.6 Å². The third-order valence-corrected chi connectivity index (χ3v) is 10.9. The molecule has 0 radical (unpaired) electrons. The van der Waals surface area contributed by atoms with Gasteiger partial charge in [-0.1, -0.05) is 107 Å². The summed E-state index contributed by atoms with van der Waals surface area (Å²) in [5.41, 5.74) is 2.50. The van der Waals surface area contributed by atoms with Crippen molar-refractivity contribution in [3.63, 3.8) is 0 Å². The first-order chi connectivity index (χ1) is 15.3. The smallest absolute Gasteiger partial charge is 0.126 e. The molecule has 2 nitrogen and oxygen atoms in total. The van der Waals surface area contributed by atoms with E-state index in [0.717, 1.165) is 23.6 Å². The quantitative estimate of drug-likeness (QED) is 0.377. The summed E-state index contributed by atoms with van der Waals surface area (Å²) in [7, 11) is 1.23. The molecule has 0 heterocycles. The van der Waals surface area contributed by atoms with E-state index in [4.69, 9.17) is 9.47 Å². The van der Waals surface area contributed by atoms with Crippen molar-refractivity contribution >= 4 is 18.4 Å². The van der Waals surface area contributed by atoms with Crippen LogP contribution < -0.4 is 19.8 Å². The highest BCUT2D eigenvalue weighted by molar-refractivity contribution is 7.01. The molecule has 0 spiro atoms. The van der Waals surface area contributed by atoms with Crippen LogP contribution in [0.25, 0.3) is 0 Å². The lowest BCUT2D eigenvalue weighted by Gasteiger charge is -2.34. The van der Waals surface area contributed by atoms with Crippen LogP contribution in [0.3, 0.4) is 0 Å². The Hall–Kier alpha value is -3.30. The van der Waals surface area contributed by atoms with Gasteiger partial charge in [0, 0.05) is 0 Å². The fourth-order valence-corrected chi connectivity index (χ4v) is 9.32. The van der Waals surface area contributed by atoms with E-state index in [9.17, 15) is 0 Å². The van der Waals surface area contributed by atoms with Gasteiger partial charge >= 0.3 is 0 Å². The van der Waals surface area contributed by atoms with Gasteiger partial charge < -0.3 is 9.47 Å². The molecule has 0 aromatic heterocycles. The lowest BCUT2D eigenvalue weighted by Crippen LogP contribution is -2.62. The number of hydrogen-bond acceptors (Lipinski definition) is 2. The average Bonchev–Trinajstić information content (AvgIpc) is 2.85. The highest BCUT2D eigenvalue weighted by atomic mass is 28.3. The molecule has 4 aromatic carbocycles. The molecule has 0 saturated carbocycles. The van der Waals surface area contributed by atoms with Gasteiger partial charge in [-0.3, -0.25) is 0 Å². The Kier molecular flexibility index (Phi) is 6.53. The summed E-state index contributed by atoms with van der Waals surface area (Å²) in [4.78, 5) is 0. The first-order valence-corrected chi connectivity index (χ1v) is 13.0. The van der Waals surface area contributed by atoms with Crippen LogP contribution in [0.15, 0.2) is 109 Å². The summed E-state index contributed by atoms with van der Waals surface area (Å²) < 4.78 is 11.5. The lowest BCUT2D eigenvalue weighted by molar-refractivity contribution is 0.410. The second kappa shape index (κ2) is 9.67. The minimum atomic E-state index is -2.28. The van der Waals surface area contributed by atoms with Crippen LogP contribution in [-0.2, 0) is 12.1 Å². The van der Waals surface area contributed by atoms with Crippen molar-refractivity contribution in [1.29, 1.82) is 0 Å². The van der Waals surface area contributed by atoms with Crippen molar-refractivity contribution in [3.05, 3.63) is 120 Å². The van der Waals surface area contributed by atoms with Crippen LogP contribution in [0, 0.1) is 0 Å². The zero-order valence-electron chi connectivity index (χ0n) is 18.1. The predicted molar refractivity (Wildman–Crippen MR) is 131 cm³/mol. The van der Waals surface area contributed by atoms with Gasteiger partial charge in [-0.25, -0.2) is 0 Å². The number of methoxy groups -OCH3 is 2. The van der Waals surface area contributed by atoms with Crippen molar-refractivity contribution < 1.29 is 9.47 Å². The molecule has 0 saturated heterocycles. The molecule has 0 atom stereocenters. The summed E-state index contributed by atoms with van der Waals surface area (Å²) in [6.07, 6.45) is 0. The molecule has 4 rings (SSSR count). The number of rotatable bonds is 8. The normalized spacial score (nSPS) is 11.2. The molecule has 3 heteroatoms. The molecule has 4 aromatic rings. The maximum Gasteiger partial charge on any atom is 0.126 e. The van der Waals surface area contributed by atoms with E-state index >= 15 is 0 Å². The zero-order valence-corrected chi connectivity index (χ0v) is 19.1. The van der Waals surface area contributed by atoms with E-state index in [1.165, 1.54) is 21.5 Å². The molecule has 0 bridgehead atoms. The van der Waals surface area contributed by atoms with E-state index in [0.29, 0.717) is 0 Å². The van der Waals surface area contributed by atoms with Crippen LogP contribution >= 0.6 is 0 Å². The fourth-order valence-electron chi connectivity index (χ4n) is 4.50. The largest absolute Gasteiger partial charge is 0.496 e. The Morgan fingerprint density at radius 2 is 0.839 bits per heavy atom. The van der Waals surface area contributed by atoms with Crippen molar-refractivity contribution in [1.82, 2.24) is 0 Å². The van der Waals surface area contributed by atoms with Crippen molar-refractivity contribution in [3.8, 4) is 11.5 Å². The molecular weight excluding hydrogens is 396 g/mol. The highest BCUT2D eigenvalue weighted by Crippen LogP contribution is 2.28. The molecular formula is C28H28O2Si. The molecule has 0 amide bonds. The maximum atomic E-state index is 5.76. The summed E-state index contributed by atoms with van der Waals surface area (Å²) in [5.74, 6) is 1.90. The van der Waals surface area contributed by atoms with Crippen molar-refractivity contribution in [2.24, 2.45) is 0 Å². The maximum absolute atomic E-state index is 5.76. The van der Waals surface area contributed by atoms with E-state index in [1.807, 2.05) is 12.1 Å². The number of para-hydroxylation sites is 2. The zero-order chi connectivity index (χ0) is 21.5. The van der Waals surface area contributed by atoms with E-state index in [-0.39, 0.29) is 0 Å². The number of hydrogen-bond donors (Lipinski definition) is 0. The number of ether oxygens (including phenoxy) is 2. The van der Waals surface area contributed by atoms with Crippen LogP contribution in [0.2, 0.25) is 0 Å². The molecule has 31 heavy (non-hydrogen) atoms. The summed E-state index contributed by atoms with van der Waals surface area (Å²) in [6, 6.07) is 40.7. The predicted octanol–water partition coefficient (Wildman–Crippen LogP) is 4.83. The number of benzene rings is 4. The Morgan fingerprint density at radius 3 is 1.23 bits per heavy atom. The van der Waals surface area contributed by atoms with Gasteiger partial charge in [0.25, 0.3) is 0 Å². The summed E-state index contributed by atoms with van der Waals surface area (Å²) in [6.45, 7) is 0. The third-order valence-electron chi connectivity index (χ3n) is 6.02. The van der Waals surface area contributed by atoms with Crippen LogP contribution in [-0.4, -0.2) is 22.3 Å². The monoisotopic (exact) mass is 424 g/mol. The second-order valence-corrected chi connectivity index (χ2v) is 11.8. The lowest BCUT2D eigenvalue weighted by atomic mass is 10.2. The molecule has 156 valence electrons.